The summed E-state index contributed by atoms with van der Waals surface area (Å²) in [6.07, 6.45) is 3.73. The zero-order valence-corrected chi connectivity index (χ0v) is 9.79. The molecular formula is C13H18FNO. The van der Waals surface area contributed by atoms with Crippen LogP contribution in [-0.4, -0.2) is 14.2 Å². The Bertz CT molecular complexity index is 363. The molecule has 0 saturated heterocycles. The minimum Gasteiger partial charge on any atom is -0.494 e. The topological polar surface area (TPSA) is 21.3 Å². The van der Waals surface area contributed by atoms with E-state index in [9.17, 15) is 4.39 Å². The molecule has 0 heterocycles. The summed E-state index contributed by atoms with van der Waals surface area (Å²) in [5.41, 5.74) is 1.01. The van der Waals surface area contributed by atoms with Crippen LogP contribution in [-0.2, 0) is 0 Å². The Morgan fingerprint density at radius 1 is 1.50 bits per heavy atom. The molecule has 1 aliphatic rings. The van der Waals surface area contributed by atoms with Crippen molar-refractivity contribution in [3.8, 4) is 5.75 Å². The van der Waals surface area contributed by atoms with Crippen LogP contribution in [0.5, 0.6) is 5.75 Å². The molecule has 16 heavy (non-hydrogen) atoms. The minimum atomic E-state index is -0.281. The smallest absolute Gasteiger partial charge is 0.165 e. The van der Waals surface area contributed by atoms with Crippen molar-refractivity contribution in [3.63, 3.8) is 0 Å². The SMILES string of the molecule is CNC(CC1CC1)c1ccc(OC)c(F)c1. The van der Waals surface area contributed by atoms with Gasteiger partial charge in [0.1, 0.15) is 0 Å². The Labute approximate surface area is 95.8 Å². The summed E-state index contributed by atoms with van der Waals surface area (Å²) in [5.74, 6) is 0.851. The van der Waals surface area contributed by atoms with Crippen molar-refractivity contribution < 1.29 is 9.13 Å². The Morgan fingerprint density at radius 3 is 2.75 bits per heavy atom. The molecule has 1 N–H and O–H groups in total. The van der Waals surface area contributed by atoms with E-state index >= 15 is 0 Å². The molecule has 1 fully saturated rings. The molecule has 0 aromatic heterocycles. The number of hydrogen-bond donors (Lipinski definition) is 1. The van der Waals surface area contributed by atoms with E-state index in [2.05, 4.69) is 5.32 Å². The van der Waals surface area contributed by atoms with Gasteiger partial charge in [0, 0.05) is 6.04 Å². The molecule has 0 spiro atoms. The van der Waals surface area contributed by atoms with E-state index in [0.717, 1.165) is 17.9 Å². The summed E-state index contributed by atoms with van der Waals surface area (Å²) in [6, 6.07) is 5.46. The van der Waals surface area contributed by atoms with Gasteiger partial charge in [-0.1, -0.05) is 18.9 Å². The van der Waals surface area contributed by atoms with Crippen LogP contribution in [0.2, 0.25) is 0 Å². The highest BCUT2D eigenvalue weighted by Crippen LogP contribution is 2.37. The maximum atomic E-state index is 13.5. The number of hydrogen-bond acceptors (Lipinski definition) is 2. The first-order valence-corrected chi connectivity index (χ1v) is 5.75. The molecule has 1 aliphatic carbocycles. The normalized spacial score (nSPS) is 17.2. The molecule has 1 aromatic rings. The Morgan fingerprint density at radius 2 is 2.25 bits per heavy atom. The number of nitrogens with one attached hydrogen (secondary N) is 1. The lowest BCUT2D eigenvalue weighted by Gasteiger charge is -2.17. The summed E-state index contributed by atoms with van der Waals surface area (Å²) < 4.78 is 18.5. The van der Waals surface area contributed by atoms with Crippen molar-refractivity contribution in [1.82, 2.24) is 5.32 Å². The molecule has 3 heteroatoms. The van der Waals surface area contributed by atoms with Gasteiger partial charge < -0.3 is 10.1 Å². The van der Waals surface area contributed by atoms with Crippen LogP contribution in [0, 0.1) is 11.7 Å². The fourth-order valence-corrected chi connectivity index (χ4v) is 2.01. The van der Waals surface area contributed by atoms with Gasteiger partial charge in [-0.25, -0.2) is 4.39 Å². The molecule has 2 rings (SSSR count). The van der Waals surface area contributed by atoms with E-state index in [-0.39, 0.29) is 11.9 Å². The van der Waals surface area contributed by atoms with E-state index < -0.39 is 0 Å². The zero-order chi connectivity index (χ0) is 11.5. The second kappa shape index (κ2) is 4.83. The first-order valence-electron chi connectivity index (χ1n) is 5.75. The third-order valence-corrected chi connectivity index (χ3v) is 3.19. The van der Waals surface area contributed by atoms with Crippen molar-refractivity contribution in [2.24, 2.45) is 5.92 Å². The first-order chi connectivity index (χ1) is 7.74. The van der Waals surface area contributed by atoms with Crippen LogP contribution in [0.25, 0.3) is 0 Å². The standard InChI is InChI=1S/C13H18FNO/c1-15-12(7-9-3-4-9)10-5-6-13(16-2)11(14)8-10/h5-6,8-9,12,15H,3-4,7H2,1-2H3. The molecule has 0 bridgehead atoms. The van der Waals surface area contributed by atoms with E-state index in [4.69, 9.17) is 4.74 Å². The van der Waals surface area contributed by atoms with Gasteiger partial charge in [0.05, 0.1) is 7.11 Å². The summed E-state index contributed by atoms with van der Waals surface area (Å²) in [7, 11) is 3.41. The molecule has 0 radical (unpaired) electrons. The van der Waals surface area contributed by atoms with E-state index in [0.29, 0.717) is 5.75 Å². The van der Waals surface area contributed by atoms with Crippen LogP contribution < -0.4 is 10.1 Å². The van der Waals surface area contributed by atoms with Gasteiger partial charge in [0.15, 0.2) is 11.6 Å². The predicted octanol–water partition coefficient (Wildman–Crippen LogP) is 2.89. The van der Waals surface area contributed by atoms with Gasteiger partial charge in [-0.05, 0) is 37.1 Å². The number of rotatable bonds is 5. The lowest BCUT2D eigenvalue weighted by Crippen LogP contribution is -2.17. The largest absolute Gasteiger partial charge is 0.494 e. The van der Waals surface area contributed by atoms with Crippen LogP contribution in [0.1, 0.15) is 30.9 Å². The number of methoxy groups -OCH3 is 1. The maximum absolute atomic E-state index is 13.5. The van der Waals surface area contributed by atoms with Gasteiger partial charge in [-0.2, -0.15) is 0 Å². The van der Waals surface area contributed by atoms with E-state index in [1.165, 1.54) is 20.0 Å². The summed E-state index contributed by atoms with van der Waals surface area (Å²) in [4.78, 5) is 0. The fraction of sp³-hybridized carbons (Fsp3) is 0.538. The summed E-state index contributed by atoms with van der Waals surface area (Å²) in [5, 5.41) is 3.25. The zero-order valence-electron chi connectivity index (χ0n) is 9.79. The molecule has 1 unspecified atom stereocenters. The van der Waals surface area contributed by atoms with E-state index in [1.807, 2.05) is 13.1 Å². The third-order valence-electron chi connectivity index (χ3n) is 3.19. The first kappa shape index (κ1) is 11.4. The highest BCUT2D eigenvalue weighted by Gasteiger charge is 2.25. The molecule has 0 amide bonds. The average molecular weight is 223 g/mol. The Kier molecular flexibility index (Phi) is 3.44. The van der Waals surface area contributed by atoms with Crippen LogP contribution in [0.4, 0.5) is 4.39 Å². The number of benzene rings is 1. The molecule has 1 saturated carbocycles. The minimum absolute atomic E-state index is 0.257. The Hall–Kier alpha value is -1.09. The summed E-state index contributed by atoms with van der Waals surface area (Å²) >= 11 is 0. The van der Waals surface area contributed by atoms with Gasteiger partial charge >= 0.3 is 0 Å². The number of halogens is 1. The number of ether oxygens (including phenoxy) is 1. The fourth-order valence-electron chi connectivity index (χ4n) is 2.01. The van der Waals surface area contributed by atoms with Gasteiger partial charge in [-0.15, -0.1) is 0 Å². The molecular weight excluding hydrogens is 205 g/mol. The monoisotopic (exact) mass is 223 g/mol. The van der Waals surface area contributed by atoms with Crippen molar-refractivity contribution in [2.75, 3.05) is 14.2 Å². The second-order valence-electron chi connectivity index (χ2n) is 4.41. The summed E-state index contributed by atoms with van der Waals surface area (Å²) in [6.45, 7) is 0. The molecule has 2 nitrogen and oxygen atoms in total. The van der Waals surface area contributed by atoms with Crippen molar-refractivity contribution >= 4 is 0 Å². The molecule has 1 atom stereocenters. The lowest BCUT2D eigenvalue weighted by atomic mass is 10.0. The van der Waals surface area contributed by atoms with Crippen LogP contribution in [0.3, 0.4) is 0 Å². The Balaban J connectivity index is 2.13. The highest BCUT2D eigenvalue weighted by atomic mass is 19.1. The van der Waals surface area contributed by atoms with Crippen molar-refractivity contribution in [2.45, 2.75) is 25.3 Å². The highest BCUT2D eigenvalue weighted by molar-refractivity contribution is 5.31. The van der Waals surface area contributed by atoms with Crippen LogP contribution >= 0.6 is 0 Å². The third kappa shape index (κ3) is 2.53. The van der Waals surface area contributed by atoms with Gasteiger partial charge in [-0.3, -0.25) is 0 Å². The van der Waals surface area contributed by atoms with Crippen molar-refractivity contribution in [3.05, 3.63) is 29.6 Å². The average Bonchev–Trinajstić information content (AvgIpc) is 3.09. The van der Waals surface area contributed by atoms with Crippen LogP contribution in [0.15, 0.2) is 18.2 Å². The molecule has 0 aliphatic heterocycles. The maximum Gasteiger partial charge on any atom is 0.165 e. The van der Waals surface area contributed by atoms with Crippen molar-refractivity contribution in [1.29, 1.82) is 0 Å². The quantitative estimate of drug-likeness (QED) is 0.828. The molecule has 88 valence electrons. The lowest BCUT2D eigenvalue weighted by molar-refractivity contribution is 0.385. The molecule has 1 aromatic carbocycles. The van der Waals surface area contributed by atoms with E-state index in [1.54, 1.807) is 12.1 Å². The van der Waals surface area contributed by atoms with Gasteiger partial charge in [0.2, 0.25) is 0 Å². The van der Waals surface area contributed by atoms with Gasteiger partial charge in [0.25, 0.3) is 0 Å². The predicted molar refractivity (Wildman–Crippen MR) is 62.1 cm³/mol. The second-order valence-corrected chi connectivity index (χ2v) is 4.41.